The van der Waals surface area contributed by atoms with Gasteiger partial charge in [0, 0.05) is 10.9 Å². The summed E-state index contributed by atoms with van der Waals surface area (Å²) in [6.07, 6.45) is 3.78. The first-order valence-electron chi connectivity index (χ1n) is 9.06. The highest BCUT2D eigenvalue weighted by atomic mass is 32.2. The van der Waals surface area contributed by atoms with E-state index in [1.54, 1.807) is 6.92 Å². The van der Waals surface area contributed by atoms with Gasteiger partial charge in [-0.3, -0.25) is 9.59 Å². The van der Waals surface area contributed by atoms with Gasteiger partial charge in [-0.15, -0.1) is 11.8 Å². The first kappa shape index (κ1) is 19.8. The molecule has 1 aliphatic rings. The molecule has 1 aromatic carbocycles. The third kappa shape index (κ3) is 6.07. The van der Waals surface area contributed by atoms with Gasteiger partial charge in [-0.05, 0) is 51.2 Å². The van der Waals surface area contributed by atoms with E-state index in [2.05, 4.69) is 18.3 Å². The number of thioether (sulfide) groups is 1. The molecular formula is C20H29NO3S. The first-order chi connectivity index (χ1) is 11.9. The summed E-state index contributed by atoms with van der Waals surface area (Å²) in [5, 5.41) is 3.04. The molecule has 0 bridgehead atoms. The molecule has 138 valence electrons. The Hall–Kier alpha value is -1.49. The summed E-state index contributed by atoms with van der Waals surface area (Å²) >= 11 is 1.45. The number of benzene rings is 1. The van der Waals surface area contributed by atoms with Crippen molar-refractivity contribution in [1.29, 1.82) is 0 Å². The van der Waals surface area contributed by atoms with Crippen molar-refractivity contribution in [3.05, 3.63) is 29.3 Å². The van der Waals surface area contributed by atoms with Crippen LogP contribution in [-0.4, -0.2) is 29.8 Å². The molecule has 0 aromatic heterocycles. The highest BCUT2D eigenvalue weighted by molar-refractivity contribution is 8.00. The Morgan fingerprint density at radius 3 is 2.68 bits per heavy atom. The minimum atomic E-state index is -0.749. The van der Waals surface area contributed by atoms with Gasteiger partial charge in [-0.25, -0.2) is 0 Å². The average Bonchev–Trinajstić information content (AvgIpc) is 2.56. The largest absolute Gasteiger partial charge is 0.452 e. The lowest BCUT2D eigenvalue weighted by Gasteiger charge is -2.30. The van der Waals surface area contributed by atoms with Gasteiger partial charge in [-0.1, -0.05) is 37.5 Å². The lowest BCUT2D eigenvalue weighted by Crippen LogP contribution is -2.46. The van der Waals surface area contributed by atoms with Crippen molar-refractivity contribution in [2.24, 2.45) is 5.92 Å². The summed E-state index contributed by atoms with van der Waals surface area (Å²) in [5.41, 5.74) is 2.35. The minimum Gasteiger partial charge on any atom is -0.452 e. The second kappa shape index (κ2) is 9.27. The number of rotatable bonds is 6. The van der Waals surface area contributed by atoms with E-state index in [4.69, 9.17) is 4.74 Å². The van der Waals surface area contributed by atoms with E-state index in [0.717, 1.165) is 29.7 Å². The second-order valence-corrected chi connectivity index (χ2v) is 8.08. The Morgan fingerprint density at radius 2 is 2.00 bits per heavy atom. The van der Waals surface area contributed by atoms with E-state index >= 15 is 0 Å². The summed E-state index contributed by atoms with van der Waals surface area (Å²) in [6.45, 7) is 7.88. The SMILES string of the molecule is Cc1ccc(SCC(=O)O[C@H](C)C(=O)N[C@@H]2CCCC[C@@H]2C)c(C)c1. The fourth-order valence-corrected chi connectivity index (χ4v) is 4.01. The smallest absolute Gasteiger partial charge is 0.317 e. The zero-order chi connectivity index (χ0) is 18.4. The van der Waals surface area contributed by atoms with E-state index in [1.165, 1.54) is 23.7 Å². The van der Waals surface area contributed by atoms with Crippen LogP contribution >= 0.6 is 11.8 Å². The molecule has 1 saturated carbocycles. The maximum atomic E-state index is 12.3. The third-order valence-electron chi connectivity index (χ3n) is 4.79. The number of esters is 1. The van der Waals surface area contributed by atoms with Gasteiger partial charge in [0.15, 0.2) is 6.10 Å². The fraction of sp³-hybridized carbons (Fsp3) is 0.600. The molecular weight excluding hydrogens is 334 g/mol. The predicted octanol–water partition coefficient (Wildman–Crippen LogP) is 4.02. The van der Waals surface area contributed by atoms with Crippen LogP contribution < -0.4 is 5.32 Å². The van der Waals surface area contributed by atoms with Crippen LogP contribution in [0.15, 0.2) is 23.1 Å². The molecule has 5 heteroatoms. The second-order valence-electron chi connectivity index (χ2n) is 7.07. The van der Waals surface area contributed by atoms with Gasteiger partial charge in [0.1, 0.15) is 0 Å². The normalized spacial score (nSPS) is 21.4. The standard InChI is InChI=1S/C20H29NO3S/c1-13-9-10-18(15(3)11-13)25-12-19(22)24-16(4)20(23)21-17-8-6-5-7-14(17)2/h9-11,14,16-17H,5-8,12H2,1-4H3,(H,21,23)/t14-,16+,17+/m0/s1. The van der Waals surface area contributed by atoms with Gasteiger partial charge in [0.05, 0.1) is 5.75 Å². The molecule has 1 aliphatic carbocycles. The van der Waals surface area contributed by atoms with Crippen molar-refractivity contribution in [2.45, 2.75) is 70.4 Å². The third-order valence-corrected chi connectivity index (χ3v) is 5.94. The van der Waals surface area contributed by atoms with E-state index in [-0.39, 0.29) is 23.7 Å². The van der Waals surface area contributed by atoms with Gasteiger partial charge < -0.3 is 10.1 Å². The van der Waals surface area contributed by atoms with Crippen LogP contribution in [0.5, 0.6) is 0 Å². The number of ether oxygens (including phenoxy) is 1. The van der Waals surface area contributed by atoms with Crippen molar-refractivity contribution in [3.8, 4) is 0 Å². The average molecular weight is 364 g/mol. The molecule has 0 radical (unpaired) electrons. The van der Waals surface area contributed by atoms with Crippen molar-refractivity contribution in [2.75, 3.05) is 5.75 Å². The summed E-state index contributed by atoms with van der Waals surface area (Å²) in [4.78, 5) is 25.4. The molecule has 4 nitrogen and oxygen atoms in total. The fourth-order valence-electron chi connectivity index (χ4n) is 3.21. The van der Waals surface area contributed by atoms with Crippen molar-refractivity contribution < 1.29 is 14.3 Å². The number of carbonyl (C=O) groups is 2. The summed E-state index contributed by atoms with van der Waals surface area (Å²) in [7, 11) is 0. The maximum Gasteiger partial charge on any atom is 0.317 e. The number of hydrogen-bond acceptors (Lipinski definition) is 4. The molecule has 3 atom stereocenters. The van der Waals surface area contributed by atoms with Crippen LogP contribution in [0.4, 0.5) is 0 Å². The molecule has 0 saturated heterocycles. The van der Waals surface area contributed by atoms with Crippen LogP contribution in [-0.2, 0) is 14.3 Å². The quantitative estimate of drug-likeness (QED) is 0.613. The van der Waals surface area contributed by atoms with Gasteiger partial charge in [0.2, 0.25) is 0 Å². The Morgan fingerprint density at radius 1 is 1.28 bits per heavy atom. The molecule has 25 heavy (non-hydrogen) atoms. The number of amides is 1. The van der Waals surface area contributed by atoms with Crippen LogP contribution in [0, 0.1) is 19.8 Å². The van der Waals surface area contributed by atoms with Gasteiger partial charge in [0.25, 0.3) is 5.91 Å². The van der Waals surface area contributed by atoms with Crippen molar-refractivity contribution in [1.82, 2.24) is 5.32 Å². The minimum absolute atomic E-state index is 0.191. The maximum absolute atomic E-state index is 12.3. The van der Waals surface area contributed by atoms with E-state index in [0.29, 0.717) is 5.92 Å². The molecule has 1 N–H and O–H groups in total. The van der Waals surface area contributed by atoms with E-state index in [1.807, 2.05) is 26.0 Å². The molecule has 0 heterocycles. The van der Waals surface area contributed by atoms with Crippen LogP contribution in [0.25, 0.3) is 0 Å². The summed E-state index contributed by atoms with van der Waals surface area (Å²) in [6, 6.07) is 6.34. The topological polar surface area (TPSA) is 55.4 Å². The number of hydrogen-bond donors (Lipinski definition) is 1. The highest BCUT2D eigenvalue weighted by Gasteiger charge is 2.26. The Bertz CT molecular complexity index is 617. The monoisotopic (exact) mass is 363 g/mol. The summed E-state index contributed by atoms with van der Waals surface area (Å²) < 4.78 is 5.30. The first-order valence-corrected chi connectivity index (χ1v) is 10.0. The predicted molar refractivity (Wildman–Crippen MR) is 102 cm³/mol. The van der Waals surface area contributed by atoms with Crippen molar-refractivity contribution >= 4 is 23.6 Å². The Kier molecular flexibility index (Phi) is 7.36. The lowest BCUT2D eigenvalue weighted by atomic mass is 9.86. The molecule has 0 aliphatic heterocycles. The van der Waals surface area contributed by atoms with Crippen LogP contribution in [0.2, 0.25) is 0 Å². The Labute approximate surface area is 155 Å². The highest BCUT2D eigenvalue weighted by Crippen LogP contribution is 2.24. The van der Waals surface area contributed by atoms with Gasteiger partial charge >= 0.3 is 5.97 Å². The summed E-state index contributed by atoms with van der Waals surface area (Å²) in [5.74, 6) is 0.148. The number of nitrogens with one attached hydrogen (secondary N) is 1. The van der Waals surface area contributed by atoms with Crippen LogP contribution in [0.1, 0.15) is 50.7 Å². The molecule has 0 spiro atoms. The number of carbonyl (C=O) groups excluding carboxylic acids is 2. The lowest BCUT2D eigenvalue weighted by molar-refractivity contribution is -0.152. The van der Waals surface area contributed by atoms with Gasteiger partial charge in [-0.2, -0.15) is 0 Å². The molecule has 0 unspecified atom stereocenters. The van der Waals surface area contributed by atoms with Crippen molar-refractivity contribution in [3.63, 3.8) is 0 Å². The van der Waals surface area contributed by atoms with Crippen LogP contribution in [0.3, 0.4) is 0 Å². The zero-order valence-corrected chi connectivity index (χ0v) is 16.4. The van der Waals surface area contributed by atoms with E-state index in [9.17, 15) is 9.59 Å². The molecule has 2 rings (SSSR count). The molecule has 1 amide bonds. The molecule has 1 aromatic rings. The van der Waals surface area contributed by atoms with E-state index < -0.39 is 6.10 Å². The Balaban J connectivity index is 1.77. The number of aryl methyl sites for hydroxylation is 2. The molecule has 1 fully saturated rings. The zero-order valence-electron chi connectivity index (χ0n) is 15.6.